The second-order valence-electron chi connectivity index (χ2n) is 4.84. The topological polar surface area (TPSA) is 42.0 Å². The zero-order chi connectivity index (χ0) is 14.2. The molecular formula is C17H20N2O. The Hall–Kier alpha value is -2.16. The van der Waals surface area contributed by atoms with Crippen LogP contribution in [0.4, 0.5) is 5.69 Å². The number of pyridine rings is 1. The molecule has 1 heterocycles. The fraction of sp³-hybridized carbons (Fsp3) is 0.294. The van der Waals surface area contributed by atoms with Gasteiger partial charge >= 0.3 is 0 Å². The summed E-state index contributed by atoms with van der Waals surface area (Å²) in [6.07, 6.45) is 8.06. The van der Waals surface area contributed by atoms with Crippen molar-refractivity contribution in [3.63, 3.8) is 0 Å². The minimum absolute atomic E-state index is 0.105. The van der Waals surface area contributed by atoms with Gasteiger partial charge in [-0.3, -0.25) is 9.78 Å². The van der Waals surface area contributed by atoms with Gasteiger partial charge in [0.1, 0.15) is 0 Å². The van der Waals surface area contributed by atoms with Crippen molar-refractivity contribution in [1.82, 2.24) is 4.98 Å². The van der Waals surface area contributed by atoms with Crippen molar-refractivity contribution in [3.05, 3.63) is 59.9 Å². The van der Waals surface area contributed by atoms with Gasteiger partial charge in [0.15, 0.2) is 0 Å². The minimum atomic E-state index is -0.105. The highest BCUT2D eigenvalue weighted by molar-refractivity contribution is 6.04. The van der Waals surface area contributed by atoms with Crippen LogP contribution in [0.5, 0.6) is 0 Å². The molecule has 104 valence electrons. The van der Waals surface area contributed by atoms with Gasteiger partial charge in [0, 0.05) is 23.6 Å². The van der Waals surface area contributed by atoms with Crippen molar-refractivity contribution in [2.75, 3.05) is 5.32 Å². The molecule has 0 saturated heterocycles. The Morgan fingerprint density at radius 3 is 2.40 bits per heavy atom. The number of unbranched alkanes of at least 4 members (excludes halogenated alkanes) is 2. The molecular weight excluding hydrogens is 248 g/mol. The van der Waals surface area contributed by atoms with Crippen LogP contribution in [0.3, 0.4) is 0 Å². The van der Waals surface area contributed by atoms with E-state index in [-0.39, 0.29) is 5.91 Å². The van der Waals surface area contributed by atoms with Crippen molar-refractivity contribution < 1.29 is 4.79 Å². The van der Waals surface area contributed by atoms with Gasteiger partial charge in [0.05, 0.1) is 0 Å². The Bertz CT molecular complexity index is 535. The third-order valence-corrected chi connectivity index (χ3v) is 3.22. The summed E-state index contributed by atoms with van der Waals surface area (Å²) in [6, 6.07) is 11.5. The Kier molecular flexibility index (Phi) is 5.30. The van der Waals surface area contributed by atoms with Gasteiger partial charge in [-0.25, -0.2) is 0 Å². The van der Waals surface area contributed by atoms with Gasteiger partial charge in [0.25, 0.3) is 5.91 Å². The zero-order valence-corrected chi connectivity index (χ0v) is 11.8. The van der Waals surface area contributed by atoms with Gasteiger partial charge in [-0.15, -0.1) is 0 Å². The predicted octanol–water partition coefficient (Wildman–Crippen LogP) is 4.07. The highest BCUT2D eigenvalue weighted by Crippen LogP contribution is 2.13. The average molecular weight is 268 g/mol. The Balaban J connectivity index is 1.92. The molecule has 1 amide bonds. The molecule has 1 aromatic carbocycles. The molecule has 20 heavy (non-hydrogen) atoms. The molecule has 0 fully saturated rings. The van der Waals surface area contributed by atoms with Crippen molar-refractivity contribution in [1.29, 1.82) is 0 Å². The summed E-state index contributed by atoms with van der Waals surface area (Å²) in [6.45, 7) is 2.21. The van der Waals surface area contributed by atoms with Crippen LogP contribution in [0.25, 0.3) is 0 Å². The molecule has 2 rings (SSSR count). The summed E-state index contributed by atoms with van der Waals surface area (Å²) in [5.74, 6) is -0.105. The number of carbonyl (C=O) groups is 1. The molecule has 0 radical (unpaired) electrons. The summed E-state index contributed by atoms with van der Waals surface area (Å²) in [5.41, 5.74) is 2.76. The largest absolute Gasteiger partial charge is 0.322 e. The monoisotopic (exact) mass is 268 g/mol. The first kappa shape index (κ1) is 14.3. The lowest BCUT2D eigenvalue weighted by Crippen LogP contribution is -2.11. The Morgan fingerprint density at radius 2 is 1.75 bits per heavy atom. The highest BCUT2D eigenvalue weighted by Gasteiger charge is 2.04. The van der Waals surface area contributed by atoms with E-state index in [1.165, 1.54) is 24.8 Å². The molecule has 0 aliphatic rings. The summed E-state index contributed by atoms with van der Waals surface area (Å²) in [7, 11) is 0. The second kappa shape index (κ2) is 7.43. The SMILES string of the molecule is CCCCCc1ccc(NC(=O)c2ccncc2)cc1. The van der Waals surface area contributed by atoms with Crippen LogP contribution in [0.1, 0.15) is 42.1 Å². The molecule has 0 aliphatic heterocycles. The summed E-state index contributed by atoms with van der Waals surface area (Å²) in [4.78, 5) is 15.9. The lowest BCUT2D eigenvalue weighted by atomic mass is 10.1. The first-order valence-electron chi connectivity index (χ1n) is 7.10. The number of amides is 1. The molecule has 3 heteroatoms. The number of benzene rings is 1. The van der Waals surface area contributed by atoms with Gasteiger partial charge in [-0.05, 0) is 42.7 Å². The van der Waals surface area contributed by atoms with Crippen LogP contribution in [-0.4, -0.2) is 10.9 Å². The molecule has 0 aliphatic carbocycles. The molecule has 1 N–H and O–H groups in total. The molecule has 1 aromatic heterocycles. The molecule has 3 nitrogen and oxygen atoms in total. The minimum Gasteiger partial charge on any atom is -0.322 e. The lowest BCUT2D eigenvalue weighted by molar-refractivity contribution is 0.102. The number of hydrogen-bond acceptors (Lipinski definition) is 2. The average Bonchev–Trinajstić information content (AvgIpc) is 2.50. The summed E-state index contributed by atoms with van der Waals surface area (Å²) >= 11 is 0. The number of hydrogen-bond donors (Lipinski definition) is 1. The summed E-state index contributed by atoms with van der Waals surface area (Å²) < 4.78 is 0. The number of aryl methyl sites for hydroxylation is 1. The molecule has 0 saturated carbocycles. The van der Waals surface area contributed by atoms with Crippen molar-refractivity contribution in [3.8, 4) is 0 Å². The molecule has 0 bridgehead atoms. The maximum Gasteiger partial charge on any atom is 0.255 e. The molecule has 2 aromatic rings. The number of carbonyl (C=O) groups excluding carboxylic acids is 1. The van der Waals surface area contributed by atoms with Crippen molar-refractivity contribution >= 4 is 11.6 Å². The second-order valence-corrected chi connectivity index (χ2v) is 4.84. The van der Waals surface area contributed by atoms with E-state index in [4.69, 9.17) is 0 Å². The number of aromatic nitrogens is 1. The first-order chi connectivity index (χ1) is 9.79. The van der Waals surface area contributed by atoms with Gasteiger partial charge < -0.3 is 5.32 Å². The zero-order valence-electron chi connectivity index (χ0n) is 11.8. The van der Waals surface area contributed by atoms with E-state index in [1.54, 1.807) is 24.5 Å². The molecule has 0 spiro atoms. The van der Waals surface area contributed by atoms with Crippen LogP contribution in [-0.2, 0) is 6.42 Å². The van der Waals surface area contributed by atoms with Crippen LogP contribution >= 0.6 is 0 Å². The molecule has 0 unspecified atom stereocenters. The van der Waals surface area contributed by atoms with E-state index < -0.39 is 0 Å². The summed E-state index contributed by atoms with van der Waals surface area (Å²) in [5, 5.41) is 2.89. The smallest absolute Gasteiger partial charge is 0.255 e. The Morgan fingerprint density at radius 1 is 1.05 bits per heavy atom. The number of rotatable bonds is 6. The quantitative estimate of drug-likeness (QED) is 0.802. The van der Waals surface area contributed by atoms with Gasteiger partial charge in [-0.2, -0.15) is 0 Å². The van der Waals surface area contributed by atoms with Crippen molar-refractivity contribution in [2.24, 2.45) is 0 Å². The number of nitrogens with zero attached hydrogens (tertiary/aromatic N) is 1. The van der Waals surface area contributed by atoms with Crippen LogP contribution < -0.4 is 5.32 Å². The first-order valence-corrected chi connectivity index (χ1v) is 7.10. The van der Waals surface area contributed by atoms with Crippen LogP contribution in [0, 0.1) is 0 Å². The molecule has 0 atom stereocenters. The standard InChI is InChI=1S/C17H20N2O/c1-2-3-4-5-14-6-8-16(9-7-14)19-17(20)15-10-12-18-13-11-15/h6-13H,2-5H2,1H3,(H,19,20). The fourth-order valence-corrected chi connectivity index (χ4v) is 2.04. The van der Waals surface area contributed by atoms with E-state index in [0.29, 0.717) is 5.56 Å². The van der Waals surface area contributed by atoms with E-state index >= 15 is 0 Å². The van der Waals surface area contributed by atoms with E-state index in [2.05, 4.69) is 29.4 Å². The lowest BCUT2D eigenvalue weighted by Gasteiger charge is -2.06. The fourth-order valence-electron chi connectivity index (χ4n) is 2.04. The third kappa shape index (κ3) is 4.19. The van der Waals surface area contributed by atoms with E-state index in [1.807, 2.05) is 12.1 Å². The van der Waals surface area contributed by atoms with Crippen molar-refractivity contribution in [2.45, 2.75) is 32.6 Å². The maximum atomic E-state index is 12.0. The van der Waals surface area contributed by atoms with Gasteiger partial charge in [-0.1, -0.05) is 31.9 Å². The predicted molar refractivity (Wildman–Crippen MR) is 81.9 cm³/mol. The normalized spacial score (nSPS) is 10.2. The Labute approximate surface area is 120 Å². The number of anilines is 1. The van der Waals surface area contributed by atoms with E-state index in [0.717, 1.165) is 12.1 Å². The highest BCUT2D eigenvalue weighted by atomic mass is 16.1. The van der Waals surface area contributed by atoms with Crippen LogP contribution in [0.15, 0.2) is 48.8 Å². The number of nitrogens with one attached hydrogen (secondary N) is 1. The van der Waals surface area contributed by atoms with Crippen LogP contribution in [0.2, 0.25) is 0 Å². The van der Waals surface area contributed by atoms with E-state index in [9.17, 15) is 4.79 Å². The van der Waals surface area contributed by atoms with Gasteiger partial charge in [0.2, 0.25) is 0 Å². The maximum absolute atomic E-state index is 12.0. The third-order valence-electron chi connectivity index (χ3n) is 3.22.